The first-order valence-corrected chi connectivity index (χ1v) is 13.3. The summed E-state index contributed by atoms with van der Waals surface area (Å²) in [6.45, 7) is 6.04. The van der Waals surface area contributed by atoms with Crippen LogP contribution < -0.4 is 5.32 Å². The fourth-order valence-electron chi connectivity index (χ4n) is 5.98. The number of morpholine rings is 1. The number of amides is 3. The van der Waals surface area contributed by atoms with Gasteiger partial charge in [0.05, 0.1) is 13.2 Å². The van der Waals surface area contributed by atoms with Crippen LogP contribution in [0.5, 0.6) is 0 Å². The van der Waals surface area contributed by atoms with E-state index in [0.29, 0.717) is 31.4 Å². The second kappa shape index (κ2) is 10.7. The normalized spacial score (nSPS) is 25.6. The topological polar surface area (TPSA) is 122 Å². The van der Waals surface area contributed by atoms with E-state index in [0.717, 1.165) is 11.1 Å². The highest BCUT2D eigenvalue weighted by Gasteiger charge is 2.52. The SMILES string of the molecule is CC[C@H](C)[C@@H]1C(=O)N[C@H](C2Cc3ccccc3C2)C(=O)N1C(C(=O)N1CCOCC1C=O)c1coc(C)n1. The summed E-state index contributed by atoms with van der Waals surface area (Å²) >= 11 is 0. The molecule has 2 saturated heterocycles. The smallest absolute Gasteiger partial charge is 0.252 e. The molecule has 0 saturated carbocycles. The average Bonchev–Trinajstić information content (AvgIpc) is 3.56. The lowest BCUT2D eigenvalue weighted by molar-refractivity contribution is -0.165. The number of fused-ring (bicyclic) bond motifs is 1. The number of hydrogen-bond donors (Lipinski definition) is 1. The zero-order valence-electron chi connectivity index (χ0n) is 22.0. The maximum Gasteiger partial charge on any atom is 0.252 e. The summed E-state index contributed by atoms with van der Waals surface area (Å²) in [5.74, 6) is -1.10. The summed E-state index contributed by atoms with van der Waals surface area (Å²) in [6, 6.07) is 4.38. The van der Waals surface area contributed by atoms with E-state index in [9.17, 15) is 19.2 Å². The van der Waals surface area contributed by atoms with Crippen molar-refractivity contribution in [2.75, 3.05) is 19.8 Å². The Morgan fingerprint density at radius 1 is 1.24 bits per heavy atom. The summed E-state index contributed by atoms with van der Waals surface area (Å²) in [5, 5.41) is 3.01. The second-order valence-electron chi connectivity index (χ2n) is 10.5. The monoisotopic (exact) mass is 522 g/mol. The third kappa shape index (κ3) is 4.62. The largest absolute Gasteiger partial charge is 0.449 e. The van der Waals surface area contributed by atoms with Crippen molar-refractivity contribution < 1.29 is 28.3 Å². The Bertz CT molecular complexity index is 1200. The van der Waals surface area contributed by atoms with Crippen LogP contribution >= 0.6 is 0 Å². The minimum absolute atomic E-state index is 0.0754. The van der Waals surface area contributed by atoms with Gasteiger partial charge in [0, 0.05) is 13.5 Å². The molecule has 3 amide bonds. The van der Waals surface area contributed by atoms with Crippen molar-refractivity contribution in [2.45, 2.75) is 64.2 Å². The van der Waals surface area contributed by atoms with Crippen LogP contribution in [0.4, 0.5) is 0 Å². The molecule has 2 aliphatic heterocycles. The van der Waals surface area contributed by atoms with Gasteiger partial charge in [-0.25, -0.2) is 4.98 Å². The van der Waals surface area contributed by atoms with Crippen LogP contribution in [0.3, 0.4) is 0 Å². The highest BCUT2D eigenvalue weighted by molar-refractivity contribution is 6.00. The number of aryl methyl sites for hydroxylation is 1. The molecule has 1 aliphatic carbocycles. The van der Waals surface area contributed by atoms with Gasteiger partial charge in [-0.05, 0) is 35.8 Å². The van der Waals surface area contributed by atoms with Crippen LogP contribution in [-0.2, 0) is 36.8 Å². The molecule has 5 rings (SSSR count). The van der Waals surface area contributed by atoms with E-state index in [1.165, 1.54) is 16.1 Å². The molecule has 202 valence electrons. The molecule has 2 unspecified atom stereocenters. The molecule has 1 aromatic heterocycles. The first-order valence-electron chi connectivity index (χ1n) is 13.3. The highest BCUT2D eigenvalue weighted by Crippen LogP contribution is 2.36. The molecule has 38 heavy (non-hydrogen) atoms. The number of carbonyl (C=O) groups is 4. The van der Waals surface area contributed by atoms with Gasteiger partial charge < -0.3 is 29.1 Å². The predicted molar refractivity (Wildman–Crippen MR) is 136 cm³/mol. The number of nitrogens with one attached hydrogen (secondary N) is 1. The average molecular weight is 523 g/mol. The third-order valence-electron chi connectivity index (χ3n) is 8.16. The quantitative estimate of drug-likeness (QED) is 0.548. The summed E-state index contributed by atoms with van der Waals surface area (Å²) < 4.78 is 10.9. The number of carbonyl (C=O) groups excluding carboxylic acids is 4. The Kier molecular flexibility index (Phi) is 7.34. The first-order chi connectivity index (χ1) is 18.3. The van der Waals surface area contributed by atoms with E-state index in [4.69, 9.17) is 9.15 Å². The van der Waals surface area contributed by atoms with E-state index in [-0.39, 0.29) is 49.1 Å². The Balaban J connectivity index is 1.56. The summed E-state index contributed by atoms with van der Waals surface area (Å²) in [6.07, 6.45) is 3.98. The van der Waals surface area contributed by atoms with Crippen molar-refractivity contribution in [3.8, 4) is 0 Å². The first kappa shape index (κ1) is 26.1. The van der Waals surface area contributed by atoms with Gasteiger partial charge >= 0.3 is 0 Å². The maximum absolute atomic E-state index is 14.4. The van der Waals surface area contributed by atoms with Crippen molar-refractivity contribution in [1.29, 1.82) is 0 Å². The van der Waals surface area contributed by atoms with Crippen LogP contribution in [0.2, 0.25) is 0 Å². The molecule has 2 aromatic rings. The van der Waals surface area contributed by atoms with E-state index in [1.54, 1.807) is 6.92 Å². The van der Waals surface area contributed by atoms with Gasteiger partial charge in [-0.3, -0.25) is 14.4 Å². The van der Waals surface area contributed by atoms with E-state index in [1.807, 2.05) is 38.1 Å². The lowest BCUT2D eigenvalue weighted by atomic mass is 9.86. The fourth-order valence-corrected chi connectivity index (χ4v) is 5.98. The number of benzene rings is 1. The molecule has 0 radical (unpaired) electrons. The highest BCUT2D eigenvalue weighted by atomic mass is 16.5. The summed E-state index contributed by atoms with van der Waals surface area (Å²) in [5.41, 5.74) is 2.57. The van der Waals surface area contributed by atoms with Gasteiger partial charge in [-0.2, -0.15) is 0 Å². The van der Waals surface area contributed by atoms with Gasteiger partial charge in [0.15, 0.2) is 11.9 Å². The minimum Gasteiger partial charge on any atom is -0.449 e. The number of aromatic nitrogens is 1. The van der Waals surface area contributed by atoms with Gasteiger partial charge in [0.1, 0.15) is 36.4 Å². The van der Waals surface area contributed by atoms with Crippen molar-refractivity contribution in [3.05, 3.63) is 53.2 Å². The van der Waals surface area contributed by atoms with E-state index >= 15 is 0 Å². The fraction of sp³-hybridized carbons (Fsp3) is 0.536. The zero-order valence-corrected chi connectivity index (χ0v) is 22.0. The molecule has 10 heteroatoms. The number of rotatable bonds is 7. The van der Waals surface area contributed by atoms with Crippen LogP contribution in [0.1, 0.15) is 49.0 Å². The van der Waals surface area contributed by atoms with Crippen LogP contribution in [-0.4, -0.2) is 76.7 Å². The molecule has 0 bridgehead atoms. The van der Waals surface area contributed by atoms with Crippen molar-refractivity contribution in [2.24, 2.45) is 11.8 Å². The van der Waals surface area contributed by atoms with Gasteiger partial charge in [0.25, 0.3) is 5.91 Å². The molecule has 5 atom stereocenters. The molecule has 0 spiro atoms. The number of ether oxygens (including phenoxy) is 1. The van der Waals surface area contributed by atoms with Crippen molar-refractivity contribution in [1.82, 2.24) is 20.1 Å². The molecule has 1 aromatic carbocycles. The summed E-state index contributed by atoms with van der Waals surface area (Å²) in [7, 11) is 0. The number of aldehydes is 1. The minimum atomic E-state index is -1.21. The molecular weight excluding hydrogens is 488 g/mol. The summed E-state index contributed by atoms with van der Waals surface area (Å²) in [4.78, 5) is 61.4. The molecular formula is C28H34N4O6. The molecule has 10 nitrogen and oxygen atoms in total. The van der Waals surface area contributed by atoms with E-state index in [2.05, 4.69) is 10.3 Å². The lowest BCUT2D eigenvalue weighted by Crippen LogP contribution is -2.69. The number of oxazole rings is 1. The molecule has 1 N–H and O–H groups in total. The van der Waals surface area contributed by atoms with E-state index < -0.39 is 30.1 Å². The Hall–Kier alpha value is -3.53. The molecule has 3 heterocycles. The Morgan fingerprint density at radius 3 is 2.55 bits per heavy atom. The number of nitrogens with zero attached hydrogens (tertiary/aromatic N) is 3. The van der Waals surface area contributed by atoms with Crippen LogP contribution in [0, 0.1) is 18.8 Å². The standard InChI is InChI=1S/C28H34N4O6/c1-4-16(2)24-26(34)30-23(20-11-18-7-5-6-8-19(18)12-20)27(35)32(24)25(22-15-38-17(3)29-22)28(36)31-9-10-37-14-21(31)13-33/h5-8,13,15-16,20-21,23-25H,4,9-12,14H2,1-3H3,(H,30,34)/t16-,21?,23+,24+,25?/m0/s1. The van der Waals surface area contributed by atoms with Crippen LogP contribution in [0.15, 0.2) is 34.9 Å². The van der Waals surface area contributed by atoms with Gasteiger partial charge in [-0.15, -0.1) is 0 Å². The number of piperazine rings is 1. The zero-order chi connectivity index (χ0) is 27.0. The van der Waals surface area contributed by atoms with Gasteiger partial charge in [-0.1, -0.05) is 44.5 Å². The van der Waals surface area contributed by atoms with Crippen molar-refractivity contribution >= 4 is 24.0 Å². The predicted octanol–water partition coefficient (Wildman–Crippen LogP) is 1.61. The lowest BCUT2D eigenvalue weighted by Gasteiger charge is -2.47. The third-order valence-corrected chi connectivity index (χ3v) is 8.16. The van der Waals surface area contributed by atoms with Crippen molar-refractivity contribution in [3.63, 3.8) is 0 Å². The maximum atomic E-state index is 14.4. The molecule has 3 aliphatic rings. The Morgan fingerprint density at radius 2 is 1.95 bits per heavy atom. The Labute approximate surface area is 221 Å². The van der Waals surface area contributed by atoms with Gasteiger partial charge in [0.2, 0.25) is 11.8 Å². The number of hydrogen-bond acceptors (Lipinski definition) is 7. The van der Waals surface area contributed by atoms with Crippen LogP contribution in [0.25, 0.3) is 0 Å². The second-order valence-corrected chi connectivity index (χ2v) is 10.5. The molecule has 2 fully saturated rings.